The van der Waals surface area contributed by atoms with E-state index in [1.165, 1.54) is 32.5 Å². The minimum atomic E-state index is 0.634. The fourth-order valence-electron chi connectivity index (χ4n) is 2.82. The highest BCUT2D eigenvalue weighted by Crippen LogP contribution is 2.36. The molecule has 0 aromatic heterocycles. The van der Waals surface area contributed by atoms with Gasteiger partial charge in [0, 0.05) is 45.4 Å². The number of methoxy groups -OCH3 is 1. The van der Waals surface area contributed by atoms with Crippen LogP contribution in [0.3, 0.4) is 0 Å². The summed E-state index contributed by atoms with van der Waals surface area (Å²) in [4.78, 5) is 2.68. The second-order valence-electron chi connectivity index (χ2n) is 5.67. The molecule has 0 radical (unpaired) electrons. The summed E-state index contributed by atoms with van der Waals surface area (Å²) in [5, 5.41) is 3.61. The molecule has 4 nitrogen and oxygen atoms in total. The van der Waals surface area contributed by atoms with E-state index in [2.05, 4.69) is 17.1 Å². The zero-order valence-electron chi connectivity index (χ0n) is 11.9. The van der Waals surface area contributed by atoms with Crippen LogP contribution in [0.2, 0.25) is 0 Å². The zero-order chi connectivity index (χ0) is 12.8. The van der Waals surface area contributed by atoms with Crippen LogP contribution in [-0.2, 0) is 9.47 Å². The molecule has 2 rings (SSSR count). The van der Waals surface area contributed by atoms with E-state index in [9.17, 15) is 0 Å². The van der Waals surface area contributed by atoms with Crippen molar-refractivity contribution < 1.29 is 9.47 Å². The number of nitrogens with zero attached hydrogens (tertiary/aromatic N) is 1. The van der Waals surface area contributed by atoms with Crippen molar-refractivity contribution in [2.24, 2.45) is 5.92 Å². The summed E-state index contributed by atoms with van der Waals surface area (Å²) in [5.41, 5.74) is 0. The van der Waals surface area contributed by atoms with E-state index in [0.717, 1.165) is 31.6 Å². The molecule has 4 heteroatoms. The Bertz CT molecular complexity index is 234. The van der Waals surface area contributed by atoms with Crippen molar-refractivity contribution in [2.45, 2.75) is 38.3 Å². The van der Waals surface area contributed by atoms with Gasteiger partial charge in [-0.2, -0.15) is 0 Å². The van der Waals surface area contributed by atoms with Gasteiger partial charge >= 0.3 is 0 Å². The molecule has 0 aromatic rings. The quantitative estimate of drug-likeness (QED) is 0.660. The number of nitrogens with one attached hydrogen (secondary N) is 1. The van der Waals surface area contributed by atoms with Gasteiger partial charge in [0.15, 0.2) is 0 Å². The SMILES string of the molecule is COCCOCCCN1CC(C)NCC1C1CC1. The largest absolute Gasteiger partial charge is 0.382 e. The summed E-state index contributed by atoms with van der Waals surface area (Å²) in [6, 6.07) is 1.41. The second kappa shape index (κ2) is 7.43. The van der Waals surface area contributed by atoms with Crippen molar-refractivity contribution in [3.63, 3.8) is 0 Å². The molecule has 2 atom stereocenters. The lowest BCUT2D eigenvalue weighted by molar-refractivity contribution is 0.0562. The van der Waals surface area contributed by atoms with Crippen LogP contribution >= 0.6 is 0 Å². The van der Waals surface area contributed by atoms with E-state index < -0.39 is 0 Å². The molecule has 2 aliphatic rings. The molecule has 1 heterocycles. The Morgan fingerprint density at radius 2 is 2.06 bits per heavy atom. The molecule has 2 fully saturated rings. The lowest BCUT2D eigenvalue weighted by atomic mass is 10.1. The van der Waals surface area contributed by atoms with E-state index in [1.54, 1.807) is 7.11 Å². The Balaban J connectivity index is 1.62. The topological polar surface area (TPSA) is 33.7 Å². The summed E-state index contributed by atoms with van der Waals surface area (Å²) >= 11 is 0. The van der Waals surface area contributed by atoms with Gasteiger partial charge in [-0.05, 0) is 32.1 Å². The third-order valence-corrected chi connectivity index (χ3v) is 3.98. The molecular weight excluding hydrogens is 228 g/mol. The maximum absolute atomic E-state index is 5.54. The number of ether oxygens (including phenoxy) is 2. The second-order valence-corrected chi connectivity index (χ2v) is 5.67. The third-order valence-electron chi connectivity index (χ3n) is 3.98. The predicted molar refractivity (Wildman–Crippen MR) is 72.9 cm³/mol. The molecule has 2 unspecified atom stereocenters. The number of rotatable bonds is 8. The molecular formula is C14H28N2O2. The normalized spacial score (nSPS) is 29.7. The molecule has 1 N–H and O–H groups in total. The maximum Gasteiger partial charge on any atom is 0.0700 e. The van der Waals surface area contributed by atoms with Crippen LogP contribution in [0.15, 0.2) is 0 Å². The molecule has 0 amide bonds. The smallest absolute Gasteiger partial charge is 0.0700 e. The highest BCUT2D eigenvalue weighted by molar-refractivity contribution is 4.94. The van der Waals surface area contributed by atoms with Crippen molar-refractivity contribution in [1.82, 2.24) is 10.2 Å². The first kappa shape index (κ1) is 14.3. The van der Waals surface area contributed by atoms with Crippen LogP contribution in [0.1, 0.15) is 26.2 Å². The van der Waals surface area contributed by atoms with Crippen molar-refractivity contribution in [2.75, 3.05) is 46.6 Å². The van der Waals surface area contributed by atoms with Gasteiger partial charge in [-0.3, -0.25) is 4.90 Å². The minimum Gasteiger partial charge on any atom is -0.382 e. The van der Waals surface area contributed by atoms with Crippen LogP contribution in [0, 0.1) is 5.92 Å². The standard InChI is InChI=1S/C14H28N2O2/c1-12-11-16(6-3-7-18-9-8-17-2)14(10-15-12)13-4-5-13/h12-15H,3-11H2,1-2H3. The van der Waals surface area contributed by atoms with Crippen molar-refractivity contribution in [3.8, 4) is 0 Å². The van der Waals surface area contributed by atoms with Gasteiger partial charge in [0.05, 0.1) is 13.2 Å². The van der Waals surface area contributed by atoms with Gasteiger partial charge in [0.1, 0.15) is 0 Å². The molecule has 0 bridgehead atoms. The predicted octanol–water partition coefficient (Wildman–Crippen LogP) is 1.11. The van der Waals surface area contributed by atoms with E-state index in [4.69, 9.17) is 9.47 Å². The van der Waals surface area contributed by atoms with Gasteiger partial charge in [-0.25, -0.2) is 0 Å². The number of piperazine rings is 1. The van der Waals surface area contributed by atoms with Crippen LogP contribution in [0.25, 0.3) is 0 Å². The molecule has 1 aliphatic heterocycles. The van der Waals surface area contributed by atoms with Crippen molar-refractivity contribution in [3.05, 3.63) is 0 Å². The minimum absolute atomic E-state index is 0.634. The highest BCUT2D eigenvalue weighted by atomic mass is 16.5. The third kappa shape index (κ3) is 4.50. The molecule has 0 aromatic carbocycles. The van der Waals surface area contributed by atoms with Crippen molar-refractivity contribution >= 4 is 0 Å². The van der Waals surface area contributed by atoms with Gasteiger partial charge in [0.25, 0.3) is 0 Å². The van der Waals surface area contributed by atoms with E-state index in [1.807, 2.05) is 0 Å². The van der Waals surface area contributed by atoms with Gasteiger partial charge in [-0.15, -0.1) is 0 Å². The lowest BCUT2D eigenvalue weighted by Crippen LogP contribution is -2.56. The molecule has 18 heavy (non-hydrogen) atoms. The average molecular weight is 256 g/mol. The first-order valence-corrected chi connectivity index (χ1v) is 7.35. The van der Waals surface area contributed by atoms with E-state index >= 15 is 0 Å². The van der Waals surface area contributed by atoms with Crippen LogP contribution in [0.4, 0.5) is 0 Å². The Hall–Kier alpha value is -0.160. The summed E-state index contributed by atoms with van der Waals surface area (Å²) in [7, 11) is 1.71. The molecule has 1 saturated heterocycles. The summed E-state index contributed by atoms with van der Waals surface area (Å²) in [6.45, 7) is 8.12. The summed E-state index contributed by atoms with van der Waals surface area (Å²) in [6.07, 6.45) is 4.00. The fraction of sp³-hybridized carbons (Fsp3) is 1.00. The Labute approximate surface area is 111 Å². The summed E-state index contributed by atoms with van der Waals surface area (Å²) in [5.74, 6) is 0.958. The first-order chi connectivity index (χ1) is 8.81. The molecule has 106 valence electrons. The lowest BCUT2D eigenvalue weighted by Gasteiger charge is -2.39. The van der Waals surface area contributed by atoms with E-state index in [-0.39, 0.29) is 0 Å². The number of hydrogen-bond acceptors (Lipinski definition) is 4. The zero-order valence-corrected chi connectivity index (χ0v) is 11.9. The maximum atomic E-state index is 5.54. The van der Waals surface area contributed by atoms with Gasteiger partial charge in [0.2, 0.25) is 0 Å². The first-order valence-electron chi connectivity index (χ1n) is 7.35. The van der Waals surface area contributed by atoms with Crippen LogP contribution < -0.4 is 5.32 Å². The van der Waals surface area contributed by atoms with Crippen LogP contribution in [-0.4, -0.2) is 63.5 Å². The van der Waals surface area contributed by atoms with Crippen molar-refractivity contribution in [1.29, 1.82) is 0 Å². The Morgan fingerprint density at radius 3 is 2.78 bits per heavy atom. The summed E-state index contributed by atoms with van der Waals surface area (Å²) < 4.78 is 10.5. The molecule has 1 saturated carbocycles. The van der Waals surface area contributed by atoms with E-state index in [0.29, 0.717) is 12.6 Å². The van der Waals surface area contributed by atoms with Gasteiger partial charge in [-0.1, -0.05) is 0 Å². The average Bonchev–Trinajstić information content (AvgIpc) is 3.18. The monoisotopic (exact) mass is 256 g/mol. The number of hydrogen-bond donors (Lipinski definition) is 1. The highest BCUT2D eigenvalue weighted by Gasteiger charge is 2.37. The fourth-order valence-corrected chi connectivity index (χ4v) is 2.82. The van der Waals surface area contributed by atoms with Crippen LogP contribution in [0.5, 0.6) is 0 Å². The Kier molecular flexibility index (Phi) is 5.89. The van der Waals surface area contributed by atoms with Gasteiger partial charge < -0.3 is 14.8 Å². The molecule has 1 aliphatic carbocycles. The molecule has 0 spiro atoms. The Morgan fingerprint density at radius 1 is 1.22 bits per heavy atom.